The largest absolute Gasteiger partial charge is 0.465 e. The third-order valence-electron chi connectivity index (χ3n) is 5.24. The van der Waals surface area contributed by atoms with Gasteiger partial charge in [0.25, 0.3) is 0 Å². The number of hydrogen-bond acceptors (Lipinski definition) is 6. The molecule has 0 amide bonds. The zero-order valence-corrected chi connectivity index (χ0v) is 18.7. The van der Waals surface area contributed by atoms with Crippen LogP contribution in [0.1, 0.15) is 25.0 Å². The summed E-state index contributed by atoms with van der Waals surface area (Å²) >= 11 is 0. The summed E-state index contributed by atoms with van der Waals surface area (Å²) in [7, 11) is -1.89. The average Bonchev–Trinajstić information content (AvgIpc) is 3.08. The maximum Gasteiger partial charge on any atom is 0.324 e. The number of ether oxygens (including phenoxy) is 2. The predicted octanol–water partition coefficient (Wildman–Crippen LogP) is 2.90. The molecule has 0 radical (unpaired) electrons. The molecule has 0 atom stereocenters. The summed E-state index contributed by atoms with van der Waals surface area (Å²) in [5, 5.41) is 1.14. The molecule has 0 spiro atoms. The zero-order valence-electron chi connectivity index (χ0n) is 17.7. The molecule has 29 heavy (non-hydrogen) atoms. The van der Waals surface area contributed by atoms with E-state index in [1.165, 1.54) is 0 Å². The molecule has 2 heterocycles. The molecule has 1 aliphatic carbocycles. The van der Waals surface area contributed by atoms with Crippen molar-refractivity contribution >= 4 is 25.2 Å². The topological polar surface area (TPSA) is 78.4 Å². The van der Waals surface area contributed by atoms with Crippen LogP contribution in [0.3, 0.4) is 0 Å². The van der Waals surface area contributed by atoms with E-state index in [9.17, 15) is 9.59 Å². The Hall–Kier alpha value is -2.54. The molecule has 0 aromatic carbocycles. The fraction of sp³-hybridized carbons (Fsp3) is 0.455. The fourth-order valence-corrected chi connectivity index (χ4v) is 6.10. The molecular weight excluding hydrogens is 384 g/mol. The zero-order chi connectivity index (χ0) is 21.2. The Morgan fingerprint density at radius 2 is 1.69 bits per heavy atom. The summed E-state index contributed by atoms with van der Waals surface area (Å²) in [4.78, 5) is 35.1. The highest BCUT2D eigenvalue weighted by molar-refractivity contribution is 6.90. The van der Waals surface area contributed by atoms with Gasteiger partial charge in [-0.1, -0.05) is 25.7 Å². The second-order valence-electron chi connectivity index (χ2n) is 8.33. The summed E-state index contributed by atoms with van der Waals surface area (Å²) in [6, 6.07) is 5.75. The van der Waals surface area contributed by atoms with Crippen molar-refractivity contribution in [1.82, 2.24) is 9.97 Å². The first-order chi connectivity index (χ1) is 13.7. The maximum atomic E-state index is 12.9. The van der Waals surface area contributed by atoms with Gasteiger partial charge in [-0.05, 0) is 48.7 Å². The van der Waals surface area contributed by atoms with Crippen molar-refractivity contribution in [2.45, 2.75) is 46.3 Å². The van der Waals surface area contributed by atoms with Crippen LogP contribution >= 0.6 is 0 Å². The summed E-state index contributed by atoms with van der Waals surface area (Å²) in [5.41, 5.74) is 2.25. The minimum Gasteiger partial charge on any atom is -0.465 e. The van der Waals surface area contributed by atoms with Gasteiger partial charge in [-0.2, -0.15) is 0 Å². The predicted molar refractivity (Wildman–Crippen MR) is 114 cm³/mol. The molecule has 0 unspecified atom stereocenters. The third-order valence-corrected chi connectivity index (χ3v) is 7.27. The molecule has 6 nitrogen and oxygen atoms in total. The summed E-state index contributed by atoms with van der Waals surface area (Å²) in [6.45, 7) is 10.6. The lowest BCUT2D eigenvalue weighted by molar-refractivity contribution is -0.171. The van der Waals surface area contributed by atoms with Gasteiger partial charge in [-0.3, -0.25) is 19.6 Å². The minimum absolute atomic E-state index is 0.217. The van der Waals surface area contributed by atoms with E-state index in [4.69, 9.17) is 14.5 Å². The van der Waals surface area contributed by atoms with Crippen molar-refractivity contribution in [2.24, 2.45) is 5.41 Å². The number of rotatable bonds is 6. The van der Waals surface area contributed by atoms with Crippen LogP contribution in [-0.2, 0) is 31.9 Å². The molecule has 3 rings (SSSR count). The van der Waals surface area contributed by atoms with Gasteiger partial charge < -0.3 is 9.47 Å². The van der Waals surface area contributed by atoms with Crippen LogP contribution in [0.4, 0.5) is 0 Å². The molecule has 0 saturated carbocycles. The Balaban J connectivity index is 2.18. The number of pyridine rings is 2. The average molecular weight is 413 g/mol. The van der Waals surface area contributed by atoms with Crippen LogP contribution in [-0.4, -0.2) is 43.2 Å². The maximum absolute atomic E-state index is 12.9. The molecule has 154 valence electrons. The SMILES string of the molecule is CCOC(=O)C1(C(=O)OCC)Cc2cnc(-c3ccccn3)c([Si](C)(C)C)c2C1. The molecular formula is C22H28N2O4Si. The summed E-state index contributed by atoms with van der Waals surface area (Å²) in [6.07, 6.45) is 4.07. The highest BCUT2D eigenvalue weighted by Crippen LogP contribution is 2.40. The van der Waals surface area contributed by atoms with Gasteiger partial charge >= 0.3 is 11.9 Å². The van der Waals surface area contributed by atoms with Crippen molar-refractivity contribution in [1.29, 1.82) is 0 Å². The van der Waals surface area contributed by atoms with Gasteiger partial charge in [0.2, 0.25) is 0 Å². The summed E-state index contributed by atoms with van der Waals surface area (Å²) < 4.78 is 10.6. The number of esters is 2. The molecule has 2 aromatic rings. The van der Waals surface area contributed by atoms with E-state index in [1.807, 2.05) is 18.2 Å². The highest BCUT2D eigenvalue weighted by atomic mass is 28.3. The quantitative estimate of drug-likeness (QED) is 0.412. The lowest BCUT2D eigenvalue weighted by Gasteiger charge is -2.26. The second-order valence-corrected chi connectivity index (χ2v) is 13.3. The molecule has 7 heteroatoms. The van der Waals surface area contributed by atoms with Crippen LogP contribution in [0.25, 0.3) is 11.4 Å². The molecule has 0 N–H and O–H groups in total. The van der Waals surface area contributed by atoms with Crippen LogP contribution in [0.5, 0.6) is 0 Å². The minimum atomic E-state index is -1.89. The van der Waals surface area contributed by atoms with E-state index in [0.29, 0.717) is 0 Å². The Morgan fingerprint density at radius 1 is 1.03 bits per heavy atom. The number of carbonyl (C=O) groups is 2. The lowest BCUT2D eigenvalue weighted by Crippen LogP contribution is -2.45. The van der Waals surface area contributed by atoms with Gasteiger partial charge in [0.15, 0.2) is 5.41 Å². The van der Waals surface area contributed by atoms with Gasteiger partial charge in [-0.25, -0.2) is 0 Å². The molecule has 0 fully saturated rings. The van der Waals surface area contributed by atoms with Crippen LogP contribution in [0.2, 0.25) is 19.6 Å². The number of fused-ring (bicyclic) bond motifs is 1. The van der Waals surface area contributed by atoms with Gasteiger partial charge in [0, 0.05) is 18.8 Å². The first-order valence-electron chi connectivity index (χ1n) is 10.0. The number of carbonyl (C=O) groups excluding carboxylic acids is 2. The third kappa shape index (κ3) is 3.83. The van der Waals surface area contributed by atoms with Crippen LogP contribution in [0, 0.1) is 5.41 Å². The Labute approximate surface area is 172 Å². The van der Waals surface area contributed by atoms with Crippen molar-refractivity contribution < 1.29 is 19.1 Å². The second kappa shape index (κ2) is 8.06. The van der Waals surface area contributed by atoms with E-state index in [0.717, 1.165) is 27.7 Å². The van der Waals surface area contributed by atoms with Crippen molar-refractivity contribution in [3.05, 3.63) is 41.7 Å². The van der Waals surface area contributed by atoms with Crippen molar-refractivity contribution in [3.63, 3.8) is 0 Å². The Kier molecular flexibility index (Phi) is 5.89. The lowest BCUT2D eigenvalue weighted by atomic mass is 9.84. The number of hydrogen-bond donors (Lipinski definition) is 0. The van der Waals surface area contributed by atoms with E-state index in [-0.39, 0.29) is 26.1 Å². The Bertz CT molecular complexity index is 904. The molecule has 1 aliphatic rings. The fourth-order valence-electron chi connectivity index (χ4n) is 4.05. The smallest absolute Gasteiger partial charge is 0.324 e. The van der Waals surface area contributed by atoms with Gasteiger partial charge in [0.05, 0.1) is 32.7 Å². The van der Waals surface area contributed by atoms with Crippen molar-refractivity contribution in [2.75, 3.05) is 13.2 Å². The van der Waals surface area contributed by atoms with Crippen LogP contribution in [0.15, 0.2) is 30.6 Å². The Morgan fingerprint density at radius 3 is 2.21 bits per heavy atom. The van der Waals surface area contributed by atoms with Gasteiger partial charge in [-0.15, -0.1) is 0 Å². The number of nitrogens with zero attached hydrogens (tertiary/aromatic N) is 2. The first-order valence-corrected chi connectivity index (χ1v) is 13.5. The normalized spacial score (nSPS) is 14.9. The van der Waals surface area contributed by atoms with E-state index < -0.39 is 25.4 Å². The monoisotopic (exact) mass is 412 g/mol. The number of aromatic nitrogens is 2. The molecule has 0 saturated heterocycles. The molecule has 2 aromatic heterocycles. The van der Waals surface area contributed by atoms with E-state index in [1.54, 1.807) is 26.2 Å². The van der Waals surface area contributed by atoms with E-state index >= 15 is 0 Å². The first kappa shape index (κ1) is 21.2. The van der Waals surface area contributed by atoms with E-state index in [2.05, 4.69) is 24.6 Å². The standard InChI is InChI=1S/C22H28N2O4Si/c1-6-27-20(25)22(21(26)28-7-2)12-15-14-24-18(17-10-8-9-11-23-17)19(16(15)13-22)29(3,4)5/h8-11,14H,6-7,12-13H2,1-5H3. The van der Waals surface area contributed by atoms with Gasteiger partial charge in [0.1, 0.15) is 0 Å². The summed E-state index contributed by atoms with van der Waals surface area (Å²) in [5.74, 6) is -1.04. The van der Waals surface area contributed by atoms with Crippen molar-refractivity contribution in [3.8, 4) is 11.4 Å². The molecule has 0 aliphatic heterocycles. The van der Waals surface area contributed by atoms with Crippen LogP contribution < -0.4 is 5.19 Å². The molecule has 0 bridgehead atoms. The highest BCUT2D eigenvalue weighted by Gasteiger charge is 2.54.